The number of nitrogens with zero attached hydrogens (tertiary/aromatic N) is 2. The molecule has 7 nitrogen and oxygen atoms in total. The third-order valence-corrected chi connectivity index (χ3v) is 3.51. The van der Waals surface area contributed by atoms with E-state index < -0.39 is 5.79 Å². The van der Waals surface area contributed by atoms with Crippen molar-refractivity contribution in [3.8, 4) is 0 Å². The molecule has 0 bridgehead atoms. The van der Waals surface area contributed by atoms with E-state index in [1.54, 1.807) is 4.90 Å². The number of aromatic nitrogens is 2. The van der Waals surface area contributed by atoms with Crippen molar-refractivity contribution in [1.82, 2.24) is 15.1 Å². The Morgan fingerprint density at radius 2 is 2.06 bits per heavy atom. The fraction of sp³-hybridized carbons (Fsp3) is 0.636. The number of piperidine rings is 1. The van der Waals surface area contributed by atoms with Gasteiger partial charge >= 0.3 is 0 Å². The molecule has 2 aliphatic heterocycles. The Morgan fingerprint density at radius 3 is 2.61 bits per heavy atom. The summed E-state index contributed by atoms with van der Waals surface area (Å²) in [5.74, 6) is -0.575. The Hall–Kier alpha value is -1.60. The van der Waals surface area contributed by atoms with Gasteiger partial charge in [0.2, 0.25) is 0 Å². The lowest BCUT2D eigenvalue weighted by Gasteiger charge is -2.37. The van der Waals surface area contributed by atoms with Crippen LogP contribution in [0.3, 0.4) is 0 Å². The minimum absolute atomic E-state index is 0.113. The van der Waals surface area contributed by atoms with E-state index in [-0.39, 0.29) is 5.91 Å². The van der Waals surface area contributed by atoms with E-state index in [1.807, 2.05) is 0 Å². The maximum Gasteiger partial charge on any atom is 0.274 e. The van der Waals surface area contributed by atoms with Gasteiger partial charge in [-0.3, -0.25) is 9.89 Å². The number of H-pyrrole nitrogens is 1. The van der Waals surface area contributed by atoms with E-state index in [9.17, 15) is 4.79 Å². The minimum atomic E-state index is -0.462. The van der Waals surface area contributed by atoms with Crippen molar-refractivity contribution >= 4 is 11.6 Å². The number of ether oxygens (including phenoxy) is 2. The van der Waals surface area contributed by atoms with Crippen LogP contribution in [0.1, 0.15) is 23.3 Å². The first-order chi connectivity index (χ1) is 8.70. The number of rotatable bonds is 1. The summed E-state index contributed by atoms with van der Waals surface area (Å²) in [4.78, 5) is 13.9. The van der Waals surface area contributed by atoms with Gasteiger partial charge < -0.3 is 20.1 Å². The third-order valence-electron chi connectivity index (χ3n) is 3.51. The molecule has 18 heavy (non-hydrogen) atoms. The zero-order valence-corrected chi connectivity index (χ0v) is 10.0. The molecule has 7 heteroatoms. The number of carbonyl (C=O) groups excluding carboxylic acids is 1. The van der Waals surface area contributed by atoms with Gasteiger partial charge in [0.15, 0.2) is 5.79 Å². The van der Waals surface area contributed by atoms with Crippen LogP contribution in [0.4, 0.5) is 5.69 Å². The molecule has 3 N–H and O–H groups in total. The largest absolute Gasteiger partial charge is 0.396 e. The summed E-state index contributed by atoms with van der Waals surface area (Å²) in [7, 11) is 0. The monoisotopic (exact) mass is 252 g/mol. The van der Waals surface area contributed by atoms with Crippen molar-refractivity contribution in [3.05, 3.63) is 11.9 Å². The third kappa shape index (κ3) is 1.85. The van der Waals surface area contributed by atoms with Crippen LogP contribution in [-0.4, -0.2) is 53.1 Å². The number of carbonyl (C=O) groups is 1. The van der Waals surface area contributed by atoms with Crippen molar-refractivity contribution < 1.29 is 14.3 Å². The van der Waals surface area contributed by atoms with Gasteiger partial charge in [-0.05, 0) is 0 Å². The lowest BCUT2D eigenvalue weighted by Crippen LogP contribution is -2.47. The zero-order chi connectivity index (χ0) is 12.6. The number of nitrogens with one attached hydrogen (secondary N) is 1. The number of amides is 1. The Morgan fingerprint density at radius 1 is 1.39 bits per heavy atom. The van der Waals surface area contributed by atoms with Crippen LogP contribution in [0.15, 0.2) is 6.20 Å². The second kappa shape index (κ2) is 4.25. The Balaban J connectivity index is 1.66. The zero-order valence-electron chi connectivity index (χ0n) is 10.0. The highest BCUT2D eigenvalue weighted by Crippen LogP contribution is 2.31. The molecule has 1 spiro atoms. The molecule has 2 saturated heterocycles. The number of anilines is 1. The molecule has 2 aliphatic rings. The van der Waals surface area contributed by atoms with E-state index in [1.165, 1.54) is 6.20 Å². The van der Waals surface area contributed by atoms with Gasteiger partial charge in [0.1, 0.15) is 5.69 Å². The van der Waals surface area contributed by atoms with Gasteiger partial charge in [0.25, 0.3) is 5.91 Å². The molecule has 1 aromatic rings. The number of hydrogen-bond donors (Lipinski definition) is 2. The maximum atomic E-state index is 12.2. The number of nitrogen functional groups attached to an aromatic ring is 1. The molecule has 0 radical (unpaired) electrons. The van der Waals surface area contributed by atoms with Crippen molar-refractivity contribution in [2.75, 3.05) is 32.0 Å². The SMILES string of the molecule is Nc1cn[nH]c1C(=O)N1CCC2(CC1)OCCO2. The predicted molar refractivity (Wildman–Crippen MR) is 62.8 cm³/mol. The smallest absolute Gasteiger partial charge is 0.274 e. The standard InChI is InChI=1S/C11H16N4O3/c12-8-7-13-14-9(8)10(16)15-3-1-11(2-4-15)17-5-6-18-11/h7H,1-6,12H2,(H,13,14). The first-order valence-corrected chi connectivity index (χ1v) is 6.06. The van der Waals surface area contributed by atoms with E-state index in [2.05, 4.69) is 10.2 Å². The fourth-order valence-electron chi connectivity index (χ4n) is 2.46. The molecule has 0 saturated carbocycles. The molecule has 2 fully saturated rings. The molecule has 3 rings (SSSR count). The molecule has 0 unspecified atom stereocenters. The normalized spacial score (nSPS) is 22.6. The molecule has 0 aliphatic carbocycles. The molecular formula is C11H16N4O3. The van der Waals surface area contributed by atoms with Crippen LogP contribution >= 0.6 is 0 Å². The summed E-state index contributed by atoms with van der Waals surface area (Å²) in [6, 6.07) is 0. The lowest BCUT2D eigenvalue weighted by molar-refractivity contribution is -0.181. The number of aromatic amines is 1. The van der Waals surface area contributed by atoms with Gasteiger partial charge in [0, 0.05) is 25.9 Å². The summed E-state index contributed by atoms with van der Waals surface area (Å²) in [5, 5.41) is 6.40. The summed E-state index contributed by atoms with van der Waals surface area (Å²) >= 11 is 0. The summed E-state index contributed by atoms with van der Waals surface area (Å²) in [5.41, 5.74) is 6.42. The van der Waals surface area contributed by atoms with Gasteiger partial charge in [-0.1, -0.05) is 0 Å². The molecular weight excluding hydrogens is 236 g/mol. The quantitative estimate of drug-likeness (QED) is 0.732. The number of nitrogens with two attached hydrogens (primary N) is 1. The minimum Gasteiger partial charge on any atom is -0.396 e. The first-order valence-electron chi connectivity index (χ1n) is 6.06. The molecule has 3 heterocycles. The van der Waals surface area contributed by atoms with Crippen LogP contribution in [0, 0.1) is 0 Å². The maximum absolute atomic E-state index is 12.2. The Kier molecular flexibility index (Phi) is 2.71. The molecule has 0 aromatic carbocycles. The predicted octanol–water partition coefficient (Wildman–Crippen LogP) is -0.0290. The van der Waals surface area contributed by atoms with Crippen molar-refractivity contribution in [2.24, 2.45) is 0 Å². The Labute approximate surface area is 104 Å². The van der Waals surface area contributed by atoms with E-state index in [4.69, 9.17) is 15.2 Å². The number of hydrogen-bond acceptors (Lipinski definition) is 5. The van der Waals surface area contributed by atoms with E-state index >= 15 is 0 Å². The second-order valence-corrected chi connectivity index (χ2v) is 4.60. The van der Waals surface area contributed by atoms with Gasteiger partial charge in [-0.2, -0.15) is 5.10 Å². The van der Waals surface area contributed by atoms with Crippen molar-refractivity contribution in [1.29, 1.82) is 0 Å². The second-order valence-electron chi connectivity index (χ2n) is 4.60. The summed E-state index contributed by atoms with van der Waals surface area (Å²) in [6.07, 6.45) is 2.85. The van der Waals surface area contributed by atoms with Crippen LogP contribution in [0.25, 0.3) is 0 Å². The summed E-state index contributed by atoms with van der Waals surface area (Å²) < 4.78 is 11.2. The van der Waals surface area contributed by atoms with Crippen molar-refractivity contribution in [2.45, 2.75) is 18.6 Å². The van der Waals surface area contributed by atoms with Gasteiger partial charge in [-0.25, -0.2) is 0 Å². The van der Waals surface area contributed by atoms with E-state index in [0.717, 1.165) is 0 Å². The average molecular weight is 252 g/mol. The highest BCUT2D eigenvalue weighted by atomic mass is 16.7. The summed E-state index contributed by atoms with van der Waals surface area (Å²) in [6.45, 7) is 2.50. The number of likely N-dealkylation sites (tertiary alicyclic amines) is 1. The topological polar surface area (TPSA) is 93.5 Å². The lowest BCUT2D eigenvalue weighted by atomic mass is 10.0. The van der Waals surface area contributed by atoms with Crippen molar-refractivity contribution in [3.63, 3.8) is 0 Å². The first kappa shape index (κ1) is 11.5. The van der Waals surface area contributed by atoms with Gasteiger partial charge in [0.05, 0.1) is 25.1 Å². The van der Waals surface area contributed by atoms with Crippen LogP contribution in [-0.2, 0) is 9.47 Å². The molecule has 98 valence electrons. The average Bonchev–Trinajstić information content (AvgIpc) is 2.99. The Bertz CT molecular complexity index is 443. The van der Waals surface area contributed by atoms with Crippen LogP contribution < -0.4 is 5.73 Å². The van der Waals surface area contributed by atoms with Crippen LogP contribution in [0.5, 0.6) is 0 Å². The van der Waals surface area contributed by atoms with E-state index in [0.29, 0.717) is 50.5 Å². The molecule has 1 aromatic heterocycles. The van der Waals surface area contributed by atoms with Gasteiger partial charge in [-0.15, -0.1) is 0 Å². The molecule has 1 amide bonds. The fourth-order valence-corrected chi connectivity index (χ4v) is 2.46. The highest BCUT2D eigenvalue weighted by molar-refractivity contribution is 5.97. The molecule has 0 atom stereocenters. The highest BCUT2D eigenvalue weighted by Gasteiger charge is 2.41. The van der Waals surface area contributed by atoms with Crippen LogP contribution in [0.2, 0.25) is 0 Å².